The first kappa shape index (κ1) is 18.4. The standard InChI is InChI=1S/C20H29NO3/c1-6-10-20(5)12-15(22)16(18(23)24-20)17(19(2,3)4)13-8-7-9-14(21)11-13/h7-9,11,17,22H,6,10,12,21H2,1-5H3/t17-,20?/m0/s1. The molecule has 0 saturated heterocycles. The number of rotatable bonds is 4. The maximum absolute atomic E-state index is 12.8. The van der Waals surface area contributed by atoms with Crippen molar-refractivity contribution in [2.24, 2.45) is 5.41 Å². The monoisotopic (exact) mass is 331 g/mol. The van der Waals surface area contributed by atoms with Gasteiger partial charge in [0.15, 0.2) is 0 Å². The molecule has 0 saturated carbocycles. The molecule has 132 valence electrons. The van der Waals surface area contributed by atoms with Gasteiger partial charge in [0, 0.05) is 18.0 Å². The number of aliphatic hydroxyl groups excluding tert-OH is 1. The van der Waals surface area contributed by atoms with Gasteiger partial charge in [0.2, 0.25) is 0 Å². The largest absolute Gasteiger partial charge is 0.512 e. The van der Waals surface area contributed by atoms with Gasteiger partial charge < -0.3 is 15.6 Å². The van der Waals surface area contributed by atoms with Gasteiger partial charge in [-0.1, -0.05) is 46.2 Å². The minimum absolute atomic E-state index is 0.143. The number of nitrogens with two attached hydrogens (primary N) is 1. The Kier molecular flexibility index (Phi) is 4.97. The number of benzene rings is 1. The molecule has 4 heteroatoms. The van der Waals surface area contributed by atoms with Gasteiger partial charge in [0.25, 0.3) is 0 Å². The molecule has 0 aliphatic carbocycles. The van der Waals surface area contributed by atoms with E-state index < -0.39 is 11.6 Å². The van der Waals surface area contributed by atoms with Crippen molar-refractivity contribution in [3.05, 3.63) is 41.2 Å². The molecule has 3 N–H and O–H groups in total. The van der Waals surface area contributed by atoms with E-state index in [0.29, 0.717) is 17.7 Å². The van der Waals surface area contributed by atoms with Crippen molar-refractivity contribution in [3.8, 4) is 0 Å². The number of nitrogen functional groups attached to an aromatic ring is 1. The summed E-state index contributed by atoms with van der Waals surface area (Å²) in [6.45, 7) is 10.1. The summed E-state index contributed by atoms with van der Waals surface area (Å²) in [6.07, 6.45) is 1.98. The average molecular weight is 331 g/mol. The van der Waals surface area contributed by atoms with E-state index in [-0.39, 0.29) is 17.1 Å². The van der Waals surface area contributed by atoms with Crippen LogP contribution < -0.4 is 5.73 Å². The predicted molar refractivity (Wildman–Crippen MR) is 96.7 cm³/mol. The van der Waals surface area contributed by atoms with Crippen LogP contribution >= 0.6 is 0 Å². The van der Waals surface area contributed by atoms with Crippen LogP contribution in [0.3, 0.4) is 0 Å². The van der Waals surface area contributed by atoms with E-state index in [1.807, 2.05) is 58.9 Å². The van der Waals surface area contributed by atoms with E-state index in [4.69, 9.17) is 10.5 Å². The van der Waals surface area contributed by atoms with E-state index in [0.717, 1.165) is 18.4 Å². The predicted octanol–water partition coefficient (Wildman–Crippen LogP) is 4.72. The fraction of sp³-hybridized carbons (Fsp3) is 0.550. The molecule has 2 rings (SSSR count). The molecule has 1 unspecified atom stereocenters. The van der Waals surface area contributed by atoms with Crippen LogP contribution in [-0.2, 0) is 9.53 Å². The summed E-state index contributed by atoms with van der Waals surface area (Å²) in [6, 6.07) is 7.49. The van der Waals surface area contributed by atoms with Gasteiger partial charge in [-0.25, -0.2) is 4.79 Å². The van der Waals surface area contributed by atoms with E-state index in [1.54, 1.807) is 0 Å². The van der Waals surface area contributed by atoms with E-state index in [2.05, 4.69) is 0 Å². The third kappa shape index (κ3) is 3.74. The van der Waals surface area contributed by atoms with Gasteiger partial charge in [-0.15, -0.1) is 0 Å². The molecule has 0 amide bonds. The van der Waals surface area contributed by atoms with Crippen molar-refractivity contribution < 1.29 is 14.6 Å². The highest BCUT2D eigenvalue weighted by molar-refractivity contribution is 5.92. The minimum Gasteiger partial charge on any atom is -0.512 e. The highest BCUT2D eigenvalue weighted by Gasteiger charge is 2.43. The SMILES string of the molecule is CCCC1(C)CC(O)=C([C@H](c2cccc(N)c2)C(C)(C)C)C(=O)O1. The lowest BCUT2D eigenvalue weighted by atomic mass is 9.70. The second-order valence-corrected chi connectivity index (χ2v) is 8.10. The molecule has 0 radical (unpaired) electrons. The minimum atomic E-state index is -0.627. The van der Waals surface area contributed by atoms with Crippen molar-refractivity contribution in [2.45, 2.75) is 65.4 Å². The molecule has 0 spiro atoms. The van der Waals surface area contributed by atoms with E-state index in [1.165, 1.54) is 0 Å². The Morgan fingerprint density at radius 2 is 2.04 bits per heavy atom. The molecule has 0 fully saturated rings. The average Bonchev–Trinajstić information content (AvgIpc) is 2.41. The molecule has 24 heavy (non-hydrogen) atoms. The number of anilines is 1. The molecule has 0 bridgehead atoms. The van der Waals surface area contributed by atoms with Crippen LogP contribution in [0.5, 0.6) is 0 Å². The van der Waals surface area contributed by atoms with Crippen LogP contribution in [0, 0.1) is 5.41 Å². The topological polar surface area (TPSA) is 72.5 Å². The molecule has 1 aliphatic heterocycles. The number of carbonyl (C=O) groups excluding carboxylic acids is 1. The first-order valence-electron chi connectivity index (χ1n) is 8.58. The fourth-order valence-electron chi connectivity index (χ4n) is 3.67. The smallest absolute Gasteiger partial charge is 0.338 e. The van der Waals surface area contributed by atoms with Crippen LogP contribution in [0.2, 0.25) is 0 Å². The molecule has 1 heterocycles. The van der Waals surface area contributed by atoms with Gasteiger partial charge >= 0.3 is 5.97 Å². The van der Waals surface area contributed by atoms with Crippen molar-refractivity contribution in [2.75, 3.05) is 5.73 Å². The van der Waals surface area contributed by atoms with Crippen LogP contribution in [0.15, 0.2) is 35.6 Å². The lowest BCUT2D eigenvalue weighted by Crippen LogP contribution is -2.40. The number of hydrogen-bond acceptors (Lipinski definition) is 4. The third-order valence-corrected chi connectivity index (χ3v) is 4.59. The van der Waals surface area contributed by atoms with Crippen LogP contribution in [0.1, 0.15) is 65.4 Å². The lowest BCUT2D eigenvalue weighted by Gasteiger charge is -2.39. The van der Waals surface area contributed by atoms with Crippen molar-refractivity contribution >= 4 is 11.7 Å². The zero-order valence-electron chi connectivity index (χ0n) is 15.3. The fourth-order valence-corrected chi connectivity index (χ4v) is 3.67. The van der Waals surface area contributed by atoms with Crippen LogP contribution in [0.4, 0.5) is 5.69 Å². The van der Waals surface area contributed by atoms with E-state index >= 15 is 0 Å². The molecular weight excluding hydrogens is 302 g/mol. The molecule has 1 aliphatic rings. The summed E-state index contributed by atoms with van der Waals surface area (Å²) in [5, 5.41) is 10.7. The first-order chi connectivity index (χ1) is 11.1. The van der Waals surface area contributed by atoms with Crippen LogP contribution in [0.25, 0.3) is 0 Å². The van der Waals surface area contributed by atoms with Crippen molar-refractivity contribution in [1.82, 2.24) is 0 Å². The Morgan fingerprint density at radius 1 is 1.38 bits per heavy atom. The van der Waals surface area contributed by atoms with Gasteiger partial charge in [-0.3, -0.25) is 0 Å². The molecule has 4 nitrogen and oxygen atoms in total. The number of esters is 1. The van der Waals surface area contributed by atoms with Gasteiger partial charge in [0.05, 0.1) is 5.57 Å². The first-order valence-corrected chi connectivity index (χ1v) is 8.58. The van der Waals surface area contributed by atoms with E-state index in [9.17, 15) is 9.90 Å². The Hall–Kier alpha value is -1.97. The second kappa shape index (κ2) is 6.50. The highest BCUT2D eigenvalue weighted by Crippen LogP contribution is 2.46. The highest BCUT2D eigenvalue weighted by atomic mass is 16.6. The molecule has 1 aromatic carbocycles. The zero-order chi connectivity index (χ0) is 18.1. The zero-order valence-corrected chi connectivity index (χ0v) is 15.3. The van der Waals surface area contributed by atoms with Crippen LogP contribution in [-0.4, -0.2) is 16.7 Å². The van der Waals surface area contributed by atoms with Gasteiger partial charge in [-0.05, 0) is 36.5 Å². The van der Waals surface area contributed by atoms with Crippen molar-refractivity contribution in [1.29, 1.82) is 0 Å². The molecular formula is C20H29NO3. The third-order valence-electron chi connectivity index (χ3n) is 4.59. The summed E-state index contributed by atoms with van der Waals surface area (Å²) < 4.78 is 5.74. The normalized spacial score (nSPS) is 23.1. The second-order valence-electron chi connectivity index (χ2n) is 8.10. The quantitative estimate of drug-likeness (QED) is 0.618. The maximum atomic E-state index is 12.8. The Balaban J connectivity index is 2.53. The number of hydrogen-bond donors (Lipinski definition) is 2. The van der Waals surface area contributed by atoms with Gasteiger partial charge in [-0.2, -0.15) is 0 Å². The van der Waals surface area contributed by atoms with Crippen molar-refractivity contribution in [3.63, 3.8) is 0 Å². The Morgan fingerprint density at radius 3 is 2.54 bits per heavy atom. The molecule has 2 atom stereocenters. The number of carbonyl (C=O) groups is 1. The number of cyclic esters (lactones) is 1. The Labute approximate surface area is 144 Å². The number of aliphatic hydroxyl groups is 1. The summed E-state index contributed by atoms with van der Waals surface area (Å²) >= 11 is 0. The lowest BCUT2D eigenvalue weighted by molar-refractivity contribution is -0.158. The maximum Gasteiger partial charge on any atom is 0.338 e. The van der Waals surface area contributed by atoms with Gasteiger partial charge in [0.1, 0.15) is 11.4 Å². The summed E-state index contributed by atoms with van der Waals surface area (Å²) in [7, 11) is 0. The molecule has 1 aromatic rings. The number of ether oxygens (including phenoxy) is 1. The Bertz CT molecular complexity index is 657. The summed E-state index contributed by atoms with van der Waals surface area (Å²) in [4.78, 5) is 12.8. The summed E-state index contributed by atoms with van der Waals surface area (Å²) in [5.74, 6) is -0.554. The molecule has 0 aromatic heterocycles. The summed E-state index contributed by atoms with van der Waals surface area (Å²) in [5.41, 5.74) is 6.95.